The highest BCUT2D eigenvalue weighted by molar-refractivity contribution is 5.76. The largest absolute Gasteiger partial charge is 0.384 e. The number of nitrogen functional groups attached to an aromatic ring is 1. The Kier molecular flexibility index (Phi) is 2.85. The minimum atomic E-state index is 0.248. The molecule has 0 aliphatic carbocycles. The number of nitrogens with two attached hydrogens (primary N) is 1. The fourth-order valence-corrected chi connectivity index (χ4v) is 1.78. The van der Waals surface area contributed by atoms with Crippen molar-refractivity contribution >= 4 is 11.7 Å². The van der Waals surface area contributed by atoms with E-state index in [1.54, 1.807) is 12.3 Å². The van der Waals surface area contributed by atoms with Crippen LogP contribution in [0.15, 0.2) is 18.3 Å². The lowest BCUT2D eigenvalue weighted by Crippen LogP contribution is -2.34. The Balaban J connectivity index is 2.01. The van der Waals surface area contributed by atoms with E-state index >= 15 is 0 Å². The molecule has 0 saturated carbocycles. The molecule has 1 fully saturated rings. The monoisotopic (exact) mass is 205 g/mol. The molecule has 0 unspecified atom stereocenters. The van der Waals surface area contributed by atoms with Gasteiger partial charge in [0.15, 0.2) is 0 Å². The molecule has 15 heavy (non-hydrogen) atoms. The number of carbonyl (C=O) groups is 1. The maximum atomic E-state index is 11.5. The summed E-state index contributed by atoms with van der Waals surface area (Å²) >= 11 is 0. The standard InChI is InChI=1S/C11H15N3O/c12-10-5-4-9(7-13-10)8-14-6-2-1-3-11(14)15/h4-5,7H,1-3,6,8H2,(H2,12,13). The number of hydrogen-bond acceptors (Lipinski definition) is 3. The van der Waals surface area contributed by atoms with E-state index in [4.69, 9.17) is 5.73 Å². The topological polar surface area (TPSA) is 59.2 Å². The van der Waals surface area contributed by atoms with Gasteiger partial charge in [0.05, 0.1) is 0 Å². The molecule has 2 N–H and O–H groups in total. The molecule has 1 aliphatic heterocycles. The average molecular weight is 205 g/mol. The minimum Gasteiger partial charge on any atom is -0.384 e. The van der Waals surface area contributed by atoms with Crippen LogP contribution in [0.3, 0.4) is 0 Å². The van der Waals surface area contributed by atoms with E-state index in [0.717, 1.165) is 24.9 Å². The maximum absolute atomic E-state index is 11.5. The first-order valence-electron chi connectivity index (χ1n) is 5.24. The number of rotatable bonds is 2. The first-order chi connectivity index (χ1) is 7.25. The van der Waals surface area contributed by atoms with Crippen molar-refractivity contribution in [3.63, 3.8) is 0 Å². The maximum Gasteiger partial charge on any atom is 0.222 e. The molecule has 1 aromatic rings. The van der Waals surface area contributed by atoms with Gasteiger partial charge in [-0.05, 0) is 24.5 Å². The Morgan fingerprint density at radius 2 is 2.27 bits per heavy atom. The molecule has 2 heterocycles. The van der Waals surface area contributed by atoms with Gasteiger partial charge in [-0.2, -0.15) is 0 Å². The predicted molar refractivity (Wildman–Crippen MR) is 57.9 cm³/mol. The summed E-state index contributed by atoms with van der Waals surface area (Å²) < 4.78 is 0. The number of amides is 1. The van der Waals surface area contributed by atoms with E-state index in [1.807, 2.05) is 11.0 Å². The number of pyridine rings is 1. The number of piperidine rings is 1. The van der Waals surface area contributed by atoms with Crippen molar-refractivity contribution in [2.24, 2.45) is 0 Å². The van der Waals surface area contributed by atoms with E-state index in [-0.39, 0.29) is 5.91 Å². The Labute approximate surface area is 89.1 Å². The third-order valence-electron chi connectivity index (χ3n) is 2.64. The highest BCUT2D eigenvalue weighted by atomic mass is 16.2. The van der Waals surface area contributed by atoms with E-state index in [9.17, 15) is 4.79 Å². The van der Waals surface area contributed by atoms with Crippen molar-refractivity contribution in [1.82, 2.24) is 9.88 Å². The average Bonchev–Trinajstić information content (AvgIpc) is 2.25. The van der Waals surface area contributed by atoms with Gasteiger partial charge in [-0.25, -0.2) is 4.98 Å². The van der Waals surface area contributed by atoms with Crippen LogP contribution in [-0.2, 0) is 11.3 Å². The van der Waals surface area contributed by atoms with Gasteiger partial charge in [-0.1, -0.05) is 6.07 Å². The van der Waals surface area contributed by atoms with Crippen LogP contribution in [0.25, 0.3) is 0 Å². The Bertz CT molecular complexity index is 347. The lowest BCUT2D eigenvalue weighted by molar-refractivity contribution is -0.133. The molecule has 0 atom stereocenters. The van der Waals surface area contributed by atoms with Crippen LogP contribution >= 0.6 is 0 Å². The molecule has 80 valence electrons. The Morgan fingerprint density at radius 3 is 2.93 bits per heavy atom. The van der Waals surface area contributed by atoms with Gasteiger partial charge in [-0.15, -0.1) is 0 Å². The van der Waals surface area contributed by atoms with Gasteiger partial charge < -0.3 is 10.6 Å². The van der Waals surface area contributed by atoms with Crippen LogP contribution in [0.4, 0.5) is 5.82 Å². The molecule has 4 nitrogen and oxygen atoms in total. The normalized spacial score (nSPS) is 16.8. The second-order valence-electron chi connectivity index (χ2n) is 3.86. The first kappa shape index (κ1) is 9.96. The van der Waals surface area contributed by atoms with Crippen molar-refractivity contribution in [2.45, 2.75) is 25.8 Å². The second-order valence-corrected chi connectivity index (χ2v) is 3.86. The number of carbonyl (C=O) groups excluding carboxylic acids is 1. The molecule has 1 amide bonds. The van der Waals surface area contributed by atoms with Gasteiger partial charge in [0.25, 0.3) is 0 Å². The van der Waals surface area contributed by atoms with E-state index in [0.29, 0.717) is 18.8 Å². The molecule has 1 aliphatic rings. The molecule has 1 saturated heterocycles. The predicted octanol–water partition coefficient (Wildman–Crippen LogP) is 1.18. The van der Waals surface area contributed by atoms with Crippen molar-refractivity contribution < 1.29 is 4.79 Å². The minimum absolute atomic E-state index is 0.248. The van der Waals surface area contributed by atoms with Crippen LogP contribution in [0, 0.1) is 0 Å². The van der Waals surface area contributed by atoms with Crippen molar-refractivity contribution in [3.8, 4) is 0 Å². The van der Waals surface area contributed by atoms with Crippen LogP contribution in [0.5, 0.6) is 0 Å². The van der Waals surface area contributed by atoms with Gasteiger partial charge in [-0.3, -0.25) is 4.79 Å². The molecular formula is C11H15N3O. The number of aromatic nitrogens is 1. The van der Waals surface area contributed by atoms with Crippen molar-refractivity contribution in [3.05, 3.63) is 23.9 Å². The fraction of sp³-hybridized carbons (Fsp3) is 0.455. The smallest absolute Gasteiger partial charge is 0.222 e. The lowest BCUT2D eigenvalue weighted by Gasteiger charge is -2.26. The molecule has 1 aromatic heterocycles. The molecule has 0 bridgehead atoms. The summed E-state index contributed by atoms with van der Waals surface area (Å²) in [6.07, 6.45) is 4.54. The summed E-state index contributed by atoms with van der Waals surface area (Å²) in [6.45, 7) is 1.52. The van der Waals surface area contributed by atoms with E-state index in [1.165, 1.54) is 0 Å². The van der Waals surface area contributed by atoms with E-state index in [2.05, 4.69) is 4.98 Å². The van der Waals surface area contributed by atoms with Crippen molar-refractivity contribution in [2.75, 3.05) is 12.3 Å². The van der Waals surface area contributed by atoms with Crippen LogP contribution in [0.2, 0.25) is 0 Å². The highest BCUT2D eigenvalue weighted by Crippen LogP contribution is 2.14. The summed E-state index contributed by atoms with van der Waals surface area (Å²) in [5.41, 5.74) is 6.54. The molecular weight excluding hydrogens is 190 g/mol. The summed E-state index contributed by atoms with van der Waals surface area (Å²) in [5, 5.41) is 0. The Morgan fingerprint density at radius 1 is 1.40 bits per heavy atom. The molecule has 0 aromatic carbocycles. The summed E-state index contributed by atoms with van der Waals surface area (Å²) in [4.78, 5) is 17.4. The Hall–Kier alpha value is -1.58. The molecule has 0 radical (unpaired) electrons. The molecule has 4 heteroatoms. The van der Waals surface area contributed by atoms with Gasteiger partial charge in [0.2, 0.25) is 5.91 Å². The van der Waals surface area contributed by atoms with Crippen LogP contribution < -0.4 is 5.73 Å². The molecule has 0 spiro atoms. The number of nitrogens with zero attached hydrogens (tertiary/aromatic N) is 2. The third kappa shape index (κ3) is 2.46. The third-order valence-corrected chi connectivity index (χ3v) is 2.64. The zero-order chi connectivity index (χ0) is 10.7. The zero-order valence-corrected chi connectivity index (χ0v) is 8.65. The van der Waals surface area contributed by atoms with Gasteiger partial charge >= 0.3 is 0 Å². The number of hydrogen-bond donors (Lipinski definition) is 1. The van der Waals surface area contributed by atoms with Crippen LogP contribution in [0.1, 0.15) is 24.8 Å². The fourth-order valence-electron chi connectivity index (χ4n) is 1.78. The van der Waals surface area contributed by atoms with Crippen LogP contribution in [-0.4, -0.2) is 22.3 Å². The first-order valence-corrected chi connectivity index (χ1v) is 5.24. The summed E-state index contributed by atoms with van der Waals surface area (Å²) in [7, 11) is 0. The van der Waals surface area contributed by atoms with Gasteiger partial charge in [0.1, 0.15) is 5.82 Å². The van der Waals surface area contributed by atoms with E-state index < -0.39 is 0 Å². The van der Waals surface area contributed by atoms with Gasteiger partial charge in [0, 0.05) is 25.7 Å². The summed E-state index contributed by atoms with van der Waals surface area (Å²) in [5.74, 6) is 0.766. The number of likely N-dealkylation sites (tertiary alicyclic amines) is 1. The zero-order valence-electron chi connectivity index (χ0n) is 8.65. The van der Waals surface area contributed by atoms with Crippen molar-refractivity contribution in [1.29, 1.82) is 0 Å². The summed E-state index contributed by atoms with van der Waals surface area (Å²) in [6, 6.07) is 3.69. The SMILES string of the molecule is Nc1ccc(CN2CCCCC2=O)cn1. The molecule has 2 rings (SSSR count). The number of anilines is 1. The highest BCUT2D eigenvalue weighted by Gasteiger charge is 2.17. The quantitative estimate of drug-likeness (QED) is 0.788. The second kappa shape index (κ2) is 4.29. The lowest BCUT2D eigenvalue weighted by atomic mass is 10.1.